The average Bonchev–Trinajstić information content (AvgIpc) is 2.71. The molecule has 7 nitrogen and oxygen atoms in total. The second kappa shape index (κ2) is 8.44. The van der Waals surface area contributed by atoms with Crippen LogP contribution in [0, 0.1) is 0 Å². The minimum atomic E-state index is -0.287. The molecule has 0 saturated carbocycles. The van der Waals surface area contributed by atoms with Crippen molar-refractivity contribution >= 4 is 17.5 Å². The first-order valence-electron chi connectivity index (χ1n) is 8.73. The lowest BCUT2D eigenvalue weighted by molar-refractivity contribution is -0.116. The summed E-state index contributed by atoms with van der Waals surface area (Å²) in [5, 5.41) is 2.79. The number of amides is 2. The summed E-state index contributed by atoms with van der Waals surface area (Å²) in [5.41, 5.74) is 1.07. The number of fused-ring (bicyclic) bond motifs is 1. The Bertz CT molecular complexity index is 837. The first-order chi connectivity index (χ1) is 13.1. The first kappa shape index (κ1) is 18.6. The highest BCUT2D eigenvalue weighted by Gasteiger charge is 2.19. The van der Waals surface area contributed by atoms with E-state index in [1.165, 1.54) is 4.90 Å². The molecule has 1 heterocycles. The largest absolute Gasteiger partial charge is 0.497 e. The molecular formula is C20H22N2O5. The number of hydrogen-bond acceptors (Lipinski definition) is 5. The van der Waals surface area contributed by atoms with E-state index in [1.54, 1.807) is 49.6 Å². The molecule has 1 N–H and O–H groups in total. The zero-order valence-corrected chi connectivity index (χ0v) is 15.4. The lowest BCUT2D eigenvalue weighted by atomic mass is 10.2. The Morgan fingerprint density at radius 1 is 1.11 bits per heavy atom. The van der Waals surface area contributed by atoms with E-state index in [2.05, 4.69) is 5.32 Å². The number of methoxy groups -OCH3 is 1. The maximum Gasteiger partial charge on any atom is 0.254 e. The third-order valence-corrected chi connectivity index (χ3v) is 4.15. The van der Waals surface area contributed by atoms with Crippen molar-refractivity contribution in [2.45, 2.75) is 6.92 Å². The zero-order valence-electron chi connectivity index (χ0n) is 15.4. The molecule has 0 saturated heterocycles. The van der Waals surface area contributed by atoms with E-state index in [4.69, 9.17) is 14.2 Å². The van der Waals surface area contributed by atoms with Gasteiger partial charge in [0.1, 0.15) is 25.5 Å². The maximum atomic E-state index is 12.7. The lowest BCUT2D eigenvalue weighted by Gasteiger charge is -2.21. The molecule has 0 aromatic heterocycles. The highest BCUT2D eigenvalue weighted by molar-refractivity contribution is 5.99. The number of anilines is 1. The van der Waals surface area contributed by atoms with Gasteiger partial charge in [-0.15, -0.1) is 0 Å². The fraction of sp³-hybridized carbons (Fsp3) is 0.300. The number of rotatable bonds is 6. The quantitative estimate of drug-likeness (QED) is 0.846. The van der Waals surface area contributed by atoms with Gasteiger partial charge in [-0.2, -0.15) is 0 Å². The van der Waals surface area contributed by atoms with Gasteiger partial charge in [0.25, 0.3) is 5.91 Å². The summed E-state index contributed by atoms with van der Waals surface area (Å²) in [7, 11) is 1.54. The molecule has 27 heavy (non-hydrogen) atoms. The summed E-state index contributed by atoms with van der Waals surface area (Å²) in [6, 6.07) is 12.1. The lowest BCUT2D eigenvalue weighted by Crippen LogP contribution is -2.37. The summed E-state index contributed by atoms with van der Waals surface area (Å²) in [4.78, 5) is 26.6. The van der Waals surface area contributed by atoms with E-state index in [-0.39, 0.29) is 18.4 Å². The van der Waals surface area contributed by atoms with Gasteiger partial charge in [-0.1, -0.05) is 6.07 Å². The molecule has 0 radical (unpaired) electrons. The molecule has 142 valence electrons. The number of carbonyl (C=O) groups excluding carboxylic acids is 2. The van der Waals surface area contributed by atoms with Crippen LogP contribution in [0.15, 0.2) is 42.5 Å². The first-order valence-corrected chi connectivity index (χ1v) is 8.73. The molecule has 0 unspecified atom stereocenters. The fourth-order valence-electron chi connectivity index (χ4n) is 2.76. The van der Waals surface area contributed by atoms with Crippen LogP contribution in [0.5, 0.6) is 17.2 Å². The predicted octanol–water partition coefficient (Wildman–Crippen LogP) is 2.57. The van der Waals surface area contributed by atoms with Crippen molar-refractivity contribution in [1.29, 1.82) is 0 Å². The molecule has 1 aliphatic heterocycles. The Morgan fingerprint density at radius 3 is 2.63 bits per heavy atom. The topological polar surface area (TPSA) is 77.1 Å². The van der Waals surface area contributed by atoms with Crippen molar-refractivity contribution < 1.29 is 23.8 Å². The van der Waals surface area contributed by atoms with Crippen LogP contribution in [0.25, 0.3) is 0 Å². The van der Waals surface area contributed by atoms with Gasteiger partial charge in [0.2, 0.25) is 5.91 Å². The molecule has 0 spiro atoms. The molecule has 2 aromatic carbocycles. The highest BCUT2D eigenvalue weighted by atomic mass is 16.6. The summed E-state index contributed by atoms with van der Waals surface area (Å²) in [5.74, 6) is 1.33. The van der Waals surface area contributed by atoms with Gasteiger partial charge in [0.05, 0.1) is 7.11 Å². The summed E-state index contributed by atoms with van der Waals surface area (Å²) in [6.45, 7) is 3.17. The molecule has 7 heteroatoms. The van der Waals surface area contributed by atoms with E-state index < -0.39 is 0 Å². The van der Waals surface area contributed by atoms with E-state index in [0.29, 0.717) is 48.3 Å². The Kier molecular flexibility index (Phi) is 5.80. The van der Waals surface area contributed by atoms with E-state index >= 15 is 0 Å². The van der Waals surface area contributed by atoms with Crippen LogP contribution in [0.2, 0.25) is 0 Å². The van der Waals surface area contributed by atoms with E-state index in [9.17, 15) is 9.59 Å². The number of hydrogen-bond donors (Lipinski definition) is 1. The van der Waals surface area contributed by atoms with Gasteiger partial charge in [-0.3, -0.25) is 9.59 Å². The average molecular weight is 370 g/mol. The van der Waals surface area contributed by atoms with Gasteiger partial charge in [0.15, 0.2) is 11.5 Å². The number of benzene rings is 2. The SMILES string of the molecule is CCN(CC(=O)Nc1ccc2c(c1)OCCO2)C(=O)c1cccc(OC)c1. The van der Waals surface area contributed by atoms with Gasteiger partial charge in [-0.05, 0) is 37.3 Å². The third kappa shape index (κ3) is 4.49. The molecule has 0 atom stereocenters. The third-order valence-electron chi connectivity index (χ3n) is 4.15. The smallest absolute Gasteiger partial charge is 0.254 e. The summed E-state index contributed by atoms with van der Waals surface area (Å²) in [6.07, 6.45) is 0. The number of ether oxygens (including phenoxy) is 3. The minimum Gasteiger partial charge on any atom is -0.497 e. The Balaban J connectivity index is 1.65. The van der Waals surface area contributed by atoms with Crippen LogP contribution in [0.3, 0.4) is 0 Å². The number of carbonyl (C=O) groups is 2. The number of nitrogens with zero attached hydrogens (tertiary/aromatic N) is 1. The van der Waals surface area contributed by atoms with Crippen LogP contribution in [-0.2, 0) is 4.79 Å². The molecule has 2 aromatic rings. The van der Waals surface area contributed by atoms with Crippen molar-refractivity contribution in [1.82, 2.24) is 4.90 Å². The predicted molar refractivity (Wildman–Crippen MR) is 101 cm³/mol. The normalized spacial score (nSPS) is 12.2. The molecule has 2 amide bonds. The maximum absolute atomic E-state index is 12.7. The van der Waals surface area contributed by atoms with E-state index in [1.807, 2.05) is 6.92 Å². The second-order valence-corrected chi connectivity index (χ2v) is 5.96. The van der Waals surface area contributed by atoms with Crippen molar-refractivity contribution in [3.63, 3.8) is 0 Å². The summed E-state index contributed by atoms with van der Waals surface area (Å²) < 4.78 is 16.1. The van der Waals surface area contributed by atoms with Crippen LogP contribution < -0.4 is 19.5 Å². The van der Waals surface area contributed by atoms with Gasteiger partial charge in [-0.25, -0.2) is 0 Å². The van der Waals surface area contributed by atoms with Gasteiger partial charge < -0.3 is 24.4 Å². The van der Waals surface area contributed by atoms with Crippen molar-refractivity contribution in [3.05, 3.63) is 48.0 Å². The molecule has 0 fully saturated rings. The van der Waals surface area contributed by atoms with Crippen LogP contribution >= 0.6 is 0 Å². The van der Waals surface area contributed by atoms with Crippen molar-refractivity contribution in [3.8, 4) is 17.2 Å². The Morgan fingerprint density at radius 2 is 1.89 bits per heavy atom. The summed E-state index contributed by atoms with van der Waals surface area (Å²) >= 11 is 0. The van der Waals surface area contributed by atoms with Crippen molar-refractivity contribution in [2.24, 2.45) is 0 Å². The minimum absolute atomic E-state index is 0.0546. The molecule has 3 rings (SSSR count). The number of likely N-dealkylation sites (N-methyl/N-ethyl adjacent to an activating group) is 1. The number of nitrogens with one attached hydrogen (secondary N) is 1. The molecule has 0 aliphatic carbocycles. The Hall–Kier alpha value is -3.22. The molecular weight excluding hydrogens is 348 g/mol. The standard InChI is InChI=1S/C20H22N2O5/c1-3-22(20(24)14-5-4-6-16(11-14)25-2)13-19(23)21-15-7-8-17-18(12-15)27-10-9-26-17/h4-8,11-12H,3,9-10,13H2,1-2H3,(H,21,23). The highest BCUT2D eigenvalue weighted by Crippen LogP contribution is 2.32. The zero-order chi connectivity index (χ0) is 19.2. The van der Waals surface area contributed by atoms with E-state index in [0.717, 1.165) is 0 Å². The monoisotopic (exact) mass is 370 g/mol. The Labute approximate surface area is 157 Å². The second-order valence-electron chi connectivity index (χ2n) is 5.96. The fourth-order valence-corrected chi connectivity index (χ4v) is 2.76. The van der Waals surface area contributed by atoms with Crippen LogP contribution in [0.1, 0.15) is 17.3 Å². The van der Waals surface area contributed by atoms with Crippen molar-refractivity contribution in [2.75, 3.05) is 38.7 Å². The molecule has 1 aliphatic rings. The van der Waals surface area contributed by atoms with Crippen LogP contribution in [-0.4, -0.2) is 50.1 Å². The van der Waals surface area contributed by atoms with Gasteiger partial charge in [0, 0.05) is 23.9 Å². The van der Waals surface area contributed by atoms with Gasteiger partial charge >= 0.3 is 0 Å². The van der Waals surface area contributed by atoms with Crippen LogP contribution in [0.4, 0.5) is 5.69 Å². The molecule has 0 bridgehead atoms.